The number of halogens is 2. The second kappa shape index (κ2) is 5.48. The van der Waals surface area contributed by atoms with Crippen LogP contribution in [0.2, 0.25) is 0 Å². The van der Waals surface area contributed by atoms with Gasteiger partial charge in [0.25, 0.3) is 10.0 Å². The van der Waals surface area contributed by atoms with Crippen molar-refractivity contribution in [3.8, 4) is 0 Å². The highest BCUT2D eigenvalue weighted by molar-refractivity contribution is 9.10. The fraction of sp³-hybridized carbons (Fsp3) is 0. The number of pyridine rings is 1. The van der Waals surface area contributed by atoms with E-state index in [1.807, 2.05) is 0 Å². The minimum Gasteiger partial charge on any atom is -0.397 e. The number of nitrogens with one attached hydrogen (secondary N) is 1. The molecule has 1 aromatic heterocycles. The summed E-state index contributed by atoms with van der Waals surface area (Å²) < 4.78 is 27.9. The molecule has 0 fully saturated rings. The molecule has 0 aliphatic rings. The Kier molecular flexibility index (Phi) is 4.12. The molecule has 19 heavy (non-hydrogen) atoms. The third-order valence-corrected chi connectivity index (χ3v) is 4.63. The van der Waals surface area contributed by atoms with Crippen LogP contribution in [0.15, 0.2) is 50.4 Å². The molecule has 100 valence electrons. The summed E-state index contributed by atoms with van der Waals surface area (Å²) in [5.74, 6) is 0.189. The summed E-state index contributed by atoms with van der Waals surface area (Å²) in [5, 5.41) is 0. The molecule has 8 heteroatoms. The maximum Gasteiger partial charge on any atom is 0.263 e. The van der Waals surface area contributed by atoms with Crippen LogP contribution in [-0.2, 0) is 10.0 Å². The van der Waals surface area contributed by atoms with E-state index in [0.717, 1.165) is 0 Å². The standard InChI is InChI=1S/C11H9Br2N3O2S/c12-7-2-1-3-9(4-7)19(17,18)16-11-10(13)5-8(14)6-15-11/h1-6H,14H2,(H,15,16). The lowest BCUT2D eigenvalue weighted by Crippen LogP contribution is -2.14. The molecule has 3 N–H and O–H groups in total. The quantitative estimate of drug-likeness (QED) is 0.820. The normalized spacial score (nSPS) is 11.3. The first-order valence-electron chi connectivity index (χ1n) is 5.08. The summed E-state index contributed by atoms with van der Waals surface area (Å²) in [6, 6.07) is 7.97. The highest BCUT2D eigenvalue weighted by atomic mass is 79.9. The van der Waals surface area contributed by atoms with Gasteiger partial charge in [-0.1, -0.05) is 22.0 Å². The second-order valence-corrected chi connectivity index (χ2v) is 7.11. The molecule has 0 spiro atoms. The average Bonchev–Trinajstić information content (AvgIpc) is 2.33. The van der Waals surface area contributed by atoms with E-state index in [1.54, 1.807) is 18.2 Å². The van der Waals surface area contributed by atoms with E-state index >= 15 is 0 Å². The largest absolute Gasteiger partial charge is 0.397 e. The molecule has 5 nitrogen and oxygen atoms in total. The predicted molar refractivity (Wildman–Crippen MR) is 81.3 cm³/mol. The number of rotatable bonds is 3. The van der Waals surface area contributed by atoms with Crippen molar-refractivity contribution in [3.05, 3.63) is 45.5 Å². The summed E-state index contributed by atoms with van der Waals surface area (Å²) in [4.78, 5) is 4.08. The van der Waals surface area contributed by atoms with Crippen molar-refractivity contribution >= 4 is 53.4 Å². The van der Waals surface area contributed by atoms with Crippen molar-refractivity contribution in [2.45, 2.75) is 4.90 Å². The summed E-state index contributed by atoms with van der Waals surface area (Å²) >= 11 is 6.44. The first-order chi connectivity index (χ1) is 8.88. The molecule has 0 atom stereocenters. The molecule has 0 radical (unpaired) electrons. The number of anilines is 2. The number of hydrogen-bond acceptors (Lipinski definition) is 4. The Morgan fingerprint density at radius 1 is 1.21 bits per heavy atom. The maximum absolute atomic E-state index is 12.2. The molecule has 0 aliphatic heterocycles. The number of hydrogen-bond donors (Lipinski definition) is 2. The minimum atomic E-state index is -3.68. The van der Waals surface area contributed by atoms with Crippen molar-refractivity contribution in [3.63, 3.8) is 0 Å². The molecule has 0 bridgehead atoms. The van der Waals surface area contributed by atoms with Crippen LogP contribution in [0.25, 0.3) is 0 Å². The van der Waals surface area contributed by atoms with E-state index in [0.29, 0.717) is 14.6 Å². The zero-order chi connectivity index (χ0) is 14.0. The van der Waals surface area contributed by atoms with Gasteiger partial charge in [-0.15, -0.1) is 0 Å². The molecular formula is C11H9Br2N3O2S. The first-order valence-corrected chi connectivity index (χ1v) is 8.15. The van der Waals surface area contributed by atoms with Gasteiger partial charge < -0.3 is 5.73 Å². The third kappa shape index (κ3) is 3.46. The predicted octanol–water partition coefficient (Wildman–Crippen LogP) is 2.99. The van der Waals surface area contributed by atoms with Gasteiger partial charge >= 0.3 is 0 Å². The first kappa shape index (κ1) is 14.3. The zero-order valence-electron chi connectivity index (χ0n) is 9.47. The van der Waals surface area contributed by atoms with Crippen molar-refractivity contribution in [2.24, 2.45) is 0 Å². The molecular weight excluding hydrogens is 398 g/mol. The summed E-state index contributed by atoms with van der Waals surface area (Å²) in [6.45, 7) is 0. The van der Waals surface area contributed by atoms with Gasteiger partial charge in [0.1, 0.15) is 0 Å². The minimum absolute atomic E-state index is 0.146. The van der Waals surface area contributed by atoms with Gasteiger partial charge in [0.2, 0.25) is 0 Å². The molecule has 1 heterocycles. The van der Waals surface area contributed by atoms with Crippen LogP contribution in [0.3, 0.4) is 0 Å². The Balaban J connectivity index is 2.36. The monoisotopic (exact) mass is 405 g/mol. The molecule has 0 saturated carbocycles. The van der Waals surface area contributed by atoms with Crippen molar-refractivity contribution in [1.29, 1.82) is 0 Å². The lowest BCUT2D eigenvalue weighted by molar-refractivity contribution is 0.601. The van der Waals surface area contributed by atoms with Crippen LogP contribution in [0.1, 0.15) is 0 Å². The second-order valence-electron chi connectivity index (χ2n) is 3.66. The Labute approximate surface area is 127 Å². The molecule has 1 aromatic carbocycles. The van der Waals surface area contributed by atoms with Crippen molar-refractivity contribution in [2.75, 3.05) is 10.5 Å². The average molecular weight is 407 g/mol. The van der Waals surface area contributed by atoms with Crippen LogP contribution in [0.5, 0.6) is 0 Å². The van der Waals surface area contributed by atoms with Gasteiger partial charge in [0.05, 0.1) is 21.3 Å². The lowest BCUT2D eigenvalue weighted by Gasteiger charge is -2.09. The van der Waals surface area contributed by atoms with Crippen LogP contribution >= 0.6 is 31.9 Å². The number of nitrogen functional groups attached to an aromatic ring is 1. The SMILES string of the molecule is Nc1cnc(NS(=O)(=O)c2cccc(Br)c2)c(Br)c1. The lowest BCUT2D eigenvalue weighted by atomic mass is 10.4. The number of nitrogens with two attached hydrogens (primary N) is 1. The Hall–Kier alpha value is -1.12. The van der Waals surface area contributed by atoms with E-state index in [4.69, 9.17) is 5.73 Å². The van der Waals surface area contributed by atoms with Gasteiger partial charge in [0.15, 0.2) is 5.82 Å². The molecule has 0 aliphatic carbocycles. The molecule has 2 aromatic rings. The number of aromatic nitrogens is 1. The van der Waals surface area contributed by atoms with Gasteiger partial charge in [-0.05, 0) is 40.2 Å². The number of sulfonamides is 1. The Bertz CT molecular complexity index is 720. The van der Waals surface area contributed by atoms with Gasteiger partial charge in [-0.2, -0.15) is 0 Å². The highest BCUT2D eigenvalue weighted by Crippen LogP contribution is 2.25. The van der Waals surface area contributed by atoms with Crippen LogP contribution in [-0.4, -0.2) is 13.4 Å². The van der Waals surface area contributed by atoms with E-state index in [-0.39, 0.29) is 10.7 Å². The van der Waals surface area contributed by atoms with Crippen molar-refractivity contribution < 1.29 is 8.42 Å². The van der Waals surface area contributed by atoms with Crippen LogP contribution in [0, 0.1) is 0 Å². The fourth-order valence-electron chi connectivity index (χ4n) is 1.35. The van der Waals surface area contributed by atoms with Crippen LogP contribution in [0.4, 0.5) is 11.5 Å². The fourth-order valence-corrected chi connectivity index (χ4v) is 3.57. The van der Waals surface area contributed by atoms with E-state index in [1.165, 1.54) is 18.3 Å². The summed E-state index contributed by atoms with van der Waals surface area (Å²) in [5.41, 5.74) is 5.99. The Morgan fingerprint density at radius 2 is 1.95 bits per heavy atom. The van der Waals surface area contributed by atoms with Crippen molar-refractivity contribution in [1.82, 2.24) is 4.98 Å². The van der Waals surface area contributed by atoms with E-state index in [2.05, 4.69) is 41.6 Å². The smallest absolute Gasteiger partial charge is 0.263 e. The summed E-state index contributed by atoms with van der Waals surface area (Å²) in [7, 11) is -3.68. The van der Waals surface area contributed by atoms with Crippen LogP contribution < -0.4 is 10.5 Å². The van der Waals surface area contributed by atoms with Gasteiger partial charge in [-0.3, -0.25) is 4.72 Å². The van der Waals surface area contributed by atoms with Gasteiger partial charge in [0, 0.05) is 4.47 Å². The third-order valence-electron chi connectivity index (χ3n) is 2.20. The number of nitrogens with zero attached hydrogens (tertiary/aromatic N) is 1. The zero-order valence-corrected chi connectivity index (χ0v) is 13.5. The molecule has 0 unspecified atom stereocenters. The molecule has 2 rings (SSSR count). The highest BCUT2D eigenvalue weighted by Gasteiger charge is 2.16. The number of benzene rings is 1. The van der Waals surface area contributed by atoms with E-state index in [9.17, 15) is 8.42 Å². The maximum atomic E-state index is 12.2. The summed E-state index contributed by atoms with van der Waals surface area (Å²) in [6.07, 6.45) is 1.38. The molecule has 0 saturated heterocycles. The van der Waals surface area contributed by atoms with E-state index < -0.39 is 10.0 Å². The Morgan fingerprint density at radius 3 is 2.58 bits per heavy atom. The topological polar surface area (TPSA) is 85.1 Å². The molecule has 0 amide bonds. The van der Waals surface area contributed by atoms with Gasteiger partial charge in [-0.25, -0.2) is 13.4 Å².